The predicted octanol–water partition coefficient (Wildman–Crippen LogP) is 6.89. The highest BCUT2D eigenvalue weighted by Crippen LogP contribution is 2.42. The third-order valence-electron chi connectivity index (χ3n) is 7.68. The standard InChI is InChI=1S/C33H36FN3O2S/c1-2-28-8-5-6-20-36(28)21-7-19-35-32(38)26-15-11-24(12-16-26)22-31-33(39)37(23-25-13-17-27(34)18-14-25)29-9-3-4-10-30(29)40-31/h3-4,9-18,22,28H,2,5-8,19-21,23H2,1H3,(H,35,38)/b31-22-. The number of rotatable bonds is 9. The van der Waals surface area contributed by atoms with Crippen molar-refractivity contribution < 1.29 is 14.0 Å². The van der Waals surface area contributed by atoms with Crippen LogP contribution in [0.3, 0.4) is 0 Å². The van der Waals surface area contributed by atoms with Crippen molar-refractivity contribution in [3.63, 3.8) is 0 Å². The number of benzene rings is 3. The zero-order valence-corrected chi connectivity index (χ0v) is 23.8. The maximum absolute atomic E-state index is 13.5. The first-order valence-electron chi connectivity index (χ1n) is 14.2. The van der Waals surface area contributed by atoms with Crippen molar-refractivity contribution >= 4 is 35.3 Å². The minimum Gasteiger partial charge on any atom is -0.352 e. The van der Waals surface area contributed by atoms with Crippen molar-refractivity contribution in [3.8, 4) is 0 Å². The van der Waals surface area contributed by atoms with Gasteiger partial charge >= 0.3 is 0 Å². The molecule has 208 valence electrons. The molecule has 2 amide bonds. The van der Waals surface area contributed by atoms with Gasteiger partial charge in [0, 0.05) is 29.6 Å². The molecule has 0 aromatic heterocycles. The van der Waals surface area contributed by atoms with Crippen molar-refractivity contribution in [2.24, 2.45) is 0 Å². The molecule has 5 rings (SSSR count). The van der Waals surface area contributed by atoms with Crippen molar-refractivity contribution in [1.82, 2.24) is 10.2 Å². The maximum atomic E-state index is 13.5. The largest absolute Gasteiger partial charge is 0.352 e. The highest BCUT2D eigenvalue weighted by Gasteiger charge is 2.29. The third-order valence-corrected chi connectivity index (χ3v) is 8.76. The summed E-state index contributed by atoms with van der Waals surface area (Å²) in [7, 11) is 0. The summed E-state index contributed by atoms with van der Waals surface area (Å²) in [6.45, 7) is 5.46. The van der Waals surface area contributed by atoms with Gasteiger partial charge in [0.1, 0.15) is 5.82 Å². The van der Waals surface area contributed by atoms with E-state index in [1.165, 1.54) is 56.1 Å². The molecule has 0 radical (unpaired) electrons. The number of nitrogens with one attached hydrogen (secondary N) is 1. The Morgan fingerprint density at radius 3 is 2.60 bits per heavy atom. The van der Waals surface area contributed by atoms with Crippen LogP contribution in [-0.4, -0.2) is 42.4 Å². The summed E-state index contributed by atoms with van der Waals surface area (Å²) in [6, 6.07) is 22.1. The Balaban J connectivity index is 1.21. The summed E-state index contributed by atoms with van der Waals surface area (Å²) in [5, 5.41) is 3.05. The number of hydrogen-bond acceptors (Lipinski definition) is 4. The van der Waals surface area contributed by atoms with Crippen molar-refractivity contribution in [2.75, 3.05) is 24.5 Å². The number of amides is 2. The SMILES string of the molecule is CCC1CCCCN1CCCNC(=O)c1ccc(/C=C2\Sc3ccccc3N(Cc3ccc(F)cc3)C2=O)cc1. The summed E-state index contributed by atoms with van der Waals surface area (Å²) in [5.74, 6) is -0.480. The zero-order chi connectivity index (χ0) is 27.9. The first-order chi connectivity index (χ1) is 19.5. The van der Waals surface area contributed by atoms with Gasteiger partial charge in [-0.1, -0.05) is 61.5 Å². The average molecular weight is 558 g/mol. The van der Waals surface area contributed by atoms with Gasteiger partial charge in [0.25, 0.3) is 11.8 Å². The Labute approximate surface area is 240 Å². The molecule has 1 unspecified atom stereocenters. The minimum atomic E-state index is -0.301. The van der Waals surface area contributed by atoms with Crippen LogP contribution in [0, 0.1) is 5.82 Å². The molecule has 1 N–H and O–H groups in total. The molecule has 5 nitrogen and oxygen atoms in total. The van der Waals surface area contributed by atoms with Gasteiger partial charge in [0.15, 0.2) is 0 Å². The van der Waals surface area contributed by atoms with Gasteiger partial charge in [-0.3, -0.25) is 9.59 Å². The highest BCUT2D eigenvalue weighted by molar-refractivity contribution is 8.04. The van der Waals surface area contributed by atoms with Gasteiger partial charge in [-0.2, -0.15) is 0 Å². The van der Waals surface area contributed by atoms with Crippen LogP contribution in [0.15, 0.2) is 82.6 Å². The molecule has 3 aromatic rings. The van der Waals surface area contributed by atoms with E-state index in [2.05, 4.69) is 17.1 Å². The zero-order valence-electron chi connectivity index (χ0n) is 22.9. The second kappa shape index (κ2) is 13.3. The van der Waals surface area contributed by atoms with E-state index in [1.807, 2.05) is 54.6 Å². The maximum Gasteiger partial charge on any atom is 0.265 e. The minimum absolute atomic E-state index is 0.0765. The van der Waals surface area contributed by atoms with E-state index >= 15 is 0 Å². The predicted molar refractivity (Wildman–Crippen MR) is 161 cm³/mol. The van der Waals surface area contributed by atoms with Gasteiger partial charge in [-0.05, 0) is 85.8 Å². The molecular formula is C33H36FN3O2S. The number of halogens is 1. The number of anilines is 1. The molecule has 2 heterocycles. The number of hydrogen-bond donors (Lipinski definition) is 1. The lowest BCUT2D eigenvalue weighted by atomic mass is 10.00. The summed E-state index contributed by atoms with van der Waals surface area (Å²) in [4.78, 5) is 32.1. The molecule has 0 spiro atoms. The first-order valence-corrected chi connectivity index (χ1v) is 15.0. The molecule has 3 aromatic carbocycles. The Morgan fingerprint density at radius 2 is 1.82 bits per heavy atom. The number of carbonyl (C=O) groups is 2. The number of para-hydroxylation sites is 1. The van der Waals surface area contributed by atoms with Crippen molar-refractivity contribution in [2.45, 2.75) is 56.5 Å². The molecular weight excluding hydrogens is 521 g/mol. The molecule has 1 atom stereocenters. The van der Waals surface area contributed by atoms with Crippen LogP contribution in [0.4, 0.5) is 10.1 Å². The fourth-order valence-electron chi connectivity index (χ4n) is 5.48. The van der Waals surface area contributed by atoms with Crippen LogP contribution >= 0.6 is 11.8 Å². The lowest BCUT2D eigenvalue weighted by Crippen LogP contribution is -2.40. The third kappa shape index (κ3) is 6.83. The molecule has 7 heteroatoms. The smallest absolute Gasteiger partial charge is 0.265 e. The number of fused-ring (bicyclic) bond motifs is 1. The van der Waals surface area contributed by atoms with E-state index in [9.17, 15) is 14.0 Å². The number of likely N-dealkylation sites (tertiary alicyclic amines) is 1. The van der Waals surface area contributed by atoms with Crippen LogP contribution in [0.2, 0.25) is 0 Å². The van der Waals surface area contributed by atoms with E-state index in [0.717, 1.165) is 34.7 Å². The molecule has 0 aliphatic carbocycles. The lowest BCUT2D eigenvalue weighted by molar-refractivity contribution is -0.114. The van der Waals surface area contributed by atoms with Crippen molar-refractivity contribution in [1.29, 1.82) is 0 Å². The fraction of sp³-hybridized carbons (Fsp3) is 0.333. The number of piperidine rings is 1. The molecule has 40 heavy (non-hydrogen) atoms. The van der Waals surface area contributed by atoms with Gasteiger partial charge in [-0.15, -0.1) is 0 Å². The summed E-state index contributed by atoms with van der Waals surface area (Å²) >= 11 is 1.44. The van der Waals surface area contributed by atoms with Crippen molar-refractivity contribution in [3.05, 3.63) is 100 Å². The summed E-state index contributed by atoms with van der Waals surface area (Å²) in [6.07, 6.45) is 7.89. The van der Waals surface area contributed by atoms with Gasteiger partial charge in [0.05, 0.1) is 17.1 Å². The van der Waals surface area contributed by atoms with Gasteiger partial charge in [-0.25, -0.2) is 4.39 Å². The molecule has 0 bridgehead atoms. The Kier molecular flexibility index (Phi) is 9.34. The highest BCUT2D eigenvalue weighted by atomic mass is 32.2. The van der Waals surface area contributed by atoms with E-state index in [4.69, 9.17) is 0 Å². The van der Waals surface area contributed by atoms with Crippen LogP contribution in [0.25, 0.3) is 6.08 Å². The number of thioether (sulfide) groups is 1. The Hall–Kier alpha value is -3.42. The Morgan fingerprint density at radius 1 is 1.05 bits per heavy atom. The topological polar surface area (TPSA) is 52.7 Å². The molecule has 0 saturated carbocycles. The quantitative estimate of drug-likeness (QED) is 0.230. The van der Waals surface area contributed by atoms with E-state index in [0.29, 0.717) is 29.6 Å². The molecule has 1 fully saturated rings. The second-order valence-electron chi connectivity index (χ2n) is 10.4. The van der Waals surface area contributed by atoms with E-state index in [1.54, 1.807) is 17.0 Å². The number of carbonyl (C=O) groups excluding carboxylic acids is 2. The van der Waals surface area contributed by atoms with E-state index < -0.39 is 0 Å². The normalized spacial score (nSPS) is 18.6. The van der Waals surface area contributed by atoms with Crippen LogP contribution in [0.1, 0.15) is 60.5 Å². The number of nitrogens with zero attached hydrogens (tertiary/aromatic N) is 2. The molecule has 1 saturated heterocycles. The second-order valence-corrected chi connectivity index (χ2v) is 11.5. The van der Waals surface area contributed by atoms with Crippen LogP contribution < -0.4 is 10.2 Å². The average Bonchev–Trinajstić information content (AvgIpc) is 2.99. The molecule has 2 aliphatic heterocycles. The summed E-state index contributed by atoms with van der Waals surface area (Å²) in [5.41, 5.74) is 3.16. The van der Waals surface area contributed by atoms with E-state index in [-0.39, 0.29) is 17.6 Å². The monoisotopic (exact) mass is 557 g/mol. The van der Waals surface area contributed by atoms with Gasteiger partial charge in [0.2, 0.25) is 0 Å². The Bertz CT molecular complexity index is 1360. The lowest BCUT2D eigenvalue weighted by Gasteiger charge is -2.35. The fourth-order valence-corrected chi connectivity index (χ4v) is 6.54. The molecule has 2 aliphatic rings. The summed E-state index contributed by atoms with van der Waals surface area (Å²) < 4.78 is 13.4. The van der Waals surface area contributed by atoms with Crippen LogP contribution in [0.5, 0.6) is 0 Å². The first kappa shape index (κ1) is 28.1. The van der Waals surface area contributed by atoms with Gasteiger partial charge < -0.3 is 15.1 Å². The van der Waals surface area contributed by atoms with Crippen LogP contribution in [-0.2, 0) is 11.3 Å².